The average molecular weight is 548 g/mol. The lowest BCUT2D eigenvalue weighted by Gasteiger charge is -2.19. The number of benzene rings is 2. The minimum Gasteiger partial charge on any atom is -0.486 e. The number of hydrogen-bond donors (Lipinski definition) is 1. The molecule has 0 radical (unpaired) electrons. The first-order valence-electron chi connectivity index (χ1n) is 10.3. The fraction of sp³-hybridized carbons (Fsp3) is 0.273. The molecule has 2 heterocycles. The Bertz CT molecular complexity index is 1630. The highest BCUT2D eigenvalue weighted by atomic mass is 35.5. The van der Waals surface area contributed by atoms with Gasteiger partial charge in [0, 0.05) is 19.5 Å². The molecule has 0 amide bonds. The number of aromatic nitrogens is 2. The highest BCUT2D eigenvalue weighted by Crippen LogP contribution is 2.40. The van der Waals surface area contributed by atoms with Crippen molar-refractivity contribution in [3.05, 3.63) is 79.3 Å². The summed E-state index contributed by atoms with van der Waals surface area (Å²) in [6.07, 6.45) is -4.56. The van der Waals surface area contributed by atoms with Crippen molar-refractivity contribution in [3.8, 4) is 11.4 Å². The summed E-state index contributed by atoms with van der Waals surface area (Å²) in [6.45, 7) is 3.56. The molecule has 1 aliphatic rings. The lowest BCUT2D eigenvalue weighted by Crippen LogP contribution is -2.41. The maximum absolute atomic E-state index is 14.8. The molecular weight excluding hydrogens is 530 g/mol. The third-order valence-corrected chi connectivity index (χ3v) is 7.18. The van der Waals surface area contributed by atoms with E-state index in [9.17, 15) is 35.6 Å². The molecule has 36 heavy (non-hydrogen) atoms. The molecule has 0 spiro atoms. The van der Waals surface area contributed by atoms with Crippen molar-refractivity contribution in [2.24, 2.45) is 7.05 Å². The average Bonchev–Trinajstić information content (AvgIpc) is 3.06. The zero-order valence-electron chi connectivity index (χ0n) is 18.9. The van der Waals surface area contributed by atoms with Gasteiger partial charge >= 0.3 is 11.9 Å². The number of sulfonamides is 1. The van der Waals surface area contributed by atoms with Gasteiger partial charge in [-0.25, -0.2) is 22.2 Å². The molecule has 0 unspecified atom stereocenters. The first-order chi connectivity index (χ1) is 16.5. The number of alkyl halides is 3. The largest absolute Gasteiger partial charge is 0.486 e. The first-order valence-corrected chi connectivity index (χ1v) is 12.1. The Morgan fingerprint density at radius 3 is 2.44 bits per heavy atom. The normalized spacial score (nSPS) is 14.9. The van der Waals surface area contributed by atoms with E-state index in [1.807, 2.05) is 0 Å². The van der Waals surface area contributed by atoms with Gasteiger partial charge in [0.25, 0.3) is 15.6 Å². The van der Waals surface area contributed by atoms with Crippen molar-refractivity contribution >= 4 is 27.3 Å². The van der Waals surface area contributed by atoms with Crippen LogP contribution in [0.2, 0.25) is 5.02 Å². The van der Waals surface area contributed by atoms with Crippen LogP contribution in [0.5, 0.6) is 5.75 Å². The van der Waals surface area contributed by atoms with Gasteiger partial charge in [0.15, 0.2) is 0 Å². The molecule has 0 saturated carbocycles. The standard InChI is InChI=1S/C22H18ClF4N3O5S/c1-21(2)10-11-5-4-6-16(19(11)35-21)36(33,34)28-14-8-15(13(24)7-12(14)23)30-18(31)9-17(22(25,26)27)29(3)20(30)32/h4-9,28H,10H2,1-3H3. The third kappa shape index (κ3) is 4.48. The summed E-state index contributed by atoms with van der Waals surface area (Å²) in [5.74, 6) is -1.12. The van der Waals surface area contributed by atoms with E-state index in [1.165, 1.54) is 12.1 Å². The molecule has 14 heteroatoms. The summed E-state index contributed by atoms with van der Waals surface area (Å²) in [4.78, 5) is 24.7. The van der Waals surface area contributed by atoms with E-state index in [1.54, 1.807) is 19.9 Å². The highest BCUT2D eigenvalue weighted by molar-refractivity contribution is 7.92. The van der Waals surface area contributed by atoms with Gasteiger partial charge in [-0.3, -0.25) is 14.1 Å². The lowest BCUT2D eigenvalue weighted by molar-refractivity contribution is -0.144. The Morgan fingerprint density at radius 1 is 1.14 bits per heavy atom. The fourth-order valence-electron chi connectivity index (χ4n) is 3.91. The second kappa shape index (κ2) is 8.37. The minimum absolute atomic E-state index is 0.126. The van der Waals surface area contributed by atoms with Crippen molar-refractivity contribution in [1.29, 1.82) is 0 Å². The van der Waals surface area contributed by atoms with Crippen molar-refractivity contribution in [2.45, 2.75) is 36.9 Å². The van der Waals surface area contributed by atoms with E-state index >= 15 is 0 Å². The summed E-state index contributed by atoms with van der Waals surface area (Å²) >= 11 is 6.02. The summed E-state index contributed by atoms with van der Waals surface area (Å²) in [7, 11) is -3.62. The van der Waals surface area contributed by atoms with Crippen LogP contribution in [0, 0.1) is 5.82 Å². The Hall–Kier alpha value is -3.32. The maximum atomic E-state index is 14.8. The summed E-state index contributed by atoms with van der Waals surface area (Å²) < 4.78 is 88.8. The predicted octanol–water partition coefficient (Wildman–Crippen LogP) is 3.86. The molecular formula is C22H18ClF4N3O5S. The van der Waals surface area contributed by atoms with Crippen LogP contribution < -0.4 is 20.7 Å². The van der Waals surface area contributed by atoms with Gasteiger partial charge in [-0.2, -0.15) is 13.2 Å². The van der Waals surface area contributed by atoms with Gasteiger partial charge in [0.1, 0.15) is 27.8 Å². The second-order valence-electron chi connectivity index (χ2n) is 8.71. The van der Waals surface area contributed by atoms with Gasteiger partial charge in [-0.15, -0.1) is 0 Å². The van der Waals surface area contributed by atoms with Gasteiger partial charge < -0.3 is 4.74 Å². The topological polar surface area (TPSA) is 99.4 Å². The number of fused-ring (bicyclic) bond motifs is 1. The molecule has 2 aromatic carbocycles. The molecule has 1 aromatic heterocycles. The van der Waals surface area contributed by atoms with E-state index < -0.39 is 61.0 Å². The van der Waals surface area contributed by atoms with E-state index in [-0.39, 0.29) is 25.8 Å². The number of anilines is 1. The minimum atomic E-state index is -5.02. The molecule has 1 aliphatic heterocycles. The molecule has 4 rings (SSSR count). The number of nitrogens with one attached hydrogen (secondary N) is 1. The zero-order chi connectivity index (χ0) is 26.8. The number of nitrogens with zero attached hydrogens (tertiary/aromatic N) is 2. The molecule has 0 fully saturated rings. The smallest absolute Gasteiger partial charge is 0.431 e. The van der Waals surface area contributed by atoms with Crippen LogP contribution in [0.15, 0.2) is 50.9 Å². The number of halogens is 5. The molecule has 0 aliphatic carbocycles. The lowest BCUT2D eigenvalue weighted by atomic mass is 10.0. The summed E-state index contributed by atoms with van der Waals surface area (Å²) in [6, 6.07) is 6.02. The number of rotatable bonds is 4. The van der Waals surface area contributed by atoms with Crippen LogP contribution in [0.1, 0.15) is 25.1 Å². The van der Waals surface area contributed by atoms with E-state index in [4.69, 9.17) is 16.3 Å². The zero-order valence-corrected chi connectivity index (χ0v) is 20.5. The van der Waals surface area contributed by atoms with Crippen LogP contribution in [0.4, 0.5) is 23.2 Å². The molecule has 8 nitrogen and oxygen atoms in total. The van der Waals surface area contributed by atoms with E-state index in [2.05, 4.69) is 4.72 Å². The van der Waals surface area contributed by atoms with Gasteiger partial charge in [0.2, 0.25) is 0 Å². The Balaban J connectivity index is 1.83. The van der Waals surface area contributed by atoms with Crippen LogP contribution in [0.3, 0.4) is 0 Å². The SMILES string of the molecule is Cn1c(C(F)(F)F)cc(=O)n(-c2cc(NS(=O)(=O)c3cccc4c3OC(C)(C)C4)c(Cl)cc2F)c1=O. The van der Waals surface area contributed by atoms with Crippen molar-refractivity contribution in [1.82, 2.24) is 9.13 Å². The van der Waals surface area contributed by atoms with E-state index in [0.717, 1.165) is 13.1 Å². The molecule has 3 aromatic rings. The van der Waals surface area contributed by atoms with Crippen LogP contribution >= 0.6 is 11.6 Å². The Kier molecular flexibility index (Phi) is 5.99. The Labute approximate surface area is 206 Å². The third-order valence-electron chi connectivity index (χ3n) is 5.48. The summed E-state index contributed by atoms with van der Waals surface area (Å²) in [5.41, 5.74) is -5.74. The monoisotopic (exact) mass is 547 g/mol. The molecule has 0 bridgehead atoms. The maximum Gasteiger partial charge on any atom is 0.431 e. The van der Waals surface area contributed by atoms with Crippen LogP contribution in [-0.4, -0.2) is 23.2 Å². The van der Waals surface area contributed by atoms with Crippen molar-refractivity contribution in [2.75, 3.05) is 4.72 Å². The van der Waals surface area contributed by atoms with Crippen LogP contribution in [0.25, 0.3) is 5.69 Å². The highest BCUT2D eigenvalue weighted by Gasteiger charge is 2.36. The fourth-order valence-corrected chi connectivity index (χ4v) is 5.40. The molecule has 192 valence electrons. The number of hydrogen-bond acceptors (Lipinski definition) is 5. The number of ether oxygens (including phenoxy) is 1. The van der Waals surface area contributed by atoms with Crippen molar-refractivity contribution in [3.63, 3.8) is 0 Å². The quantitative estimate of drug-likeness (QED) is 0.500. The molecule has 0 saturated heterocycles. The van der Waals surface area contributed by atoms with Gasteiger partial charge in [-0.1, -0.05) is 23.7 Å². The second-order valence-corrected chi connectivity index (χ2v) is 10.8. The van der Waals surface area contributed by atoms with E-state index in [0.29, 0.717) is 18.1 Å². The number of para-hydroxylation sites is 1. The molecule has 1 N–H and O–H groups in total. The van der Waals surface area contributed by atoms with Crippen LogP contribution in [-0.2, 0) is 29.7 Å². The van der Waals surface area contributed by atoms with Crippen molar-refractivity contribution < 1.29 is 30.7 Å². The predicted molar refractivity (Wildman–Crippen MR) is 123 cm³/mol. The summed E-state index contributed by atoms with van der Waals surface area (Å²) in [5, 5.41) is -0.426. The van der Waals surface area contributed by atoms with Gasteiger partial charge in [0.05, 0.1) is 16.4 Å². The Morgan fingerprint density at radius 2 is 1.81 bits per heavy atom. The van der Waals surface area contributed by atoms with Gasteiger partial charge in [-0.05, 0) is 37.6 Å². The molecule has 0 atom stereocenters. The first kappa shape index (κ1) is 25.8.